The van der Waals surface area contributed by atoms with Crippen molar-refractivity contribution in [2.45, 2.75) is 26.7 Å². The van der Waals surface area contributed by atoms with Gasteiger partial charge in [0.15, 0.2) is 0 Å². The number of aliphatic hydroxyl groups excluding tert-OH is 1. The van der Waals surface area contributed by atoms with Crippen LogP contribution in [0.3, 0.4) is 0 Å². The summed E-state index contributed by atoms with van der Waals surface area (Å²) in [4.78, 5) is 24.1. The maximum Gasteiger partial charge on any atom is 0.237 e. The molecule has 2 rings (SSSR count). The summed E-state index contributed by atoms with van der Waals surface area (Å²) < 4.78 is 0. The molecule has 1 aliphatic rings. The fraction of sp³-hybridized carbons (Fsp3) is 0.294. The van der Waals surface area contributed by atoms with E-state index in [-0.39, 0.29) is 16.9 Å². The number of fused-ring (bicyclic) bond motifs is 1. The summed E-state index contributed by atoms with van der Waals surface area (Å²) in [5, 5.41) is 10.2. The molecule has 1 aromatic carbocycles. The molecule has 104 valence electrons. The number of benzene rings is 1. The zero-order chi connectivity index (χ0) is 14.7. The molecule has 1 N–H and O–H groups in total. The van der Waals surface area contributed by atoms with Gasteiger partial charge in [0, 0.05) is 11.1 Å². The van der Waals surface area contributed by atoms with Crippen LogP contribution in [-0.4, -0.2) is 16.7 Å². The normalized spacial score (nSPS) is 15.3. The van der Waals surface area contributed by atoms with Crippen molar-refractivity contribution < 1.29 is 14.7 Å². The summed E-state index contributed by atoms with van der Waals surface area (Å²) in [5.41, 5.74) is 0.802. The molecule has 1 aromatic rings. The SMILES string of the molecule is CCC(/C=C/C1=C(O)c2ccccc2C(=O)C1=O)CC. The van der Waals surface area contributed by atoms with E-state index in [1.54, 1.807) is 30.3 Å². The number of carbonyl (C=O) groups is 2. The van der Waals surface area contributed by atoms with Crippen LogP contribution in [0.1, 0.15) is 42.6 Å². The molecular formula is C17H18O3. The quantitative estimate of drug-likeness (QED) is 0.848. The fourth-order valence-electron chi connectivity index (χ4n) is 2.33. The van der Waals surface area contributed by atoms with E-state index in [1.807, 2.05) is 6.08 Å². The second kappa shape index (κ2) is 5.87. The zero-order valence-corrected chi connectivity index (χ0v) is 11.7. The van der Waals surface area contributed by atoms with Crippen LogP contribution in [0.15, 0.2) is 42.0 Å². The summed E-state index contributed by atoms with van der Waals surface area (Å²) in [6.07, 6.45) is 5.40. The van der Waals surface area contributed by atoms with Crippen molar-refractivity contribution in [1.29, 1.82) is 0 Å². The average Bonchev–Trinajstić information content (AvgIpc) is 2.49. The highest BCUT2D eigenvalue weighted by atomic mass is 16.3. The Morgan fingerprint density at radius 3 is 2.25 bits per heavy atom. The van der Waals surface area contributed by atoms with Gasteiger partial charge < -0.3 is 5.11 Å². The predicted octanol–water partition coefficient (Wildman–Crippen LogP) is 3.71. The fourth-order valence-corrected chi connectivity index (χ4v) is 2.33. The molecule has 0 atom stereocenters. The zero-order valence-electron chi connectivity index (χ0n) is 11.7. The van der Waals surface area contributed by atoms with E-state index < -0.39 is 11.6 Å². The van der Waals surface area contributed by atoms with Crippen molar-refractivity contribution in [1.82, 2.24) is 0 Å². The second-order valence-electron chi connectivity index (χ2n) is 4.90. The third-order valence-corrected chi connectivity index (χ3v) is 3.72. The largest absolute Gasteiger partial charge is 0.507 e. The molecule has 0 fully saturated rings. The van der Waals surface area contributed by atoms with Gasteiger partial charge in [0.2, 0.25) is 11.6 Å². The lowest BCUT2D eigenvalue weighted by Crippen LogP contribution is -2.23. The van der Waals surface area contributed by atoms with Gasteiger partial charge in [-0.2, -0.15) is 0 Å². The molecule has 0 amide bonds. The highest BCUT2D eigenvalue weighted by Gasteiger charge is 2.31. The van der Waals surface area contributed by atoms with E-state index in [0.29, 0.717) is 11.5 Å². The minimum Gasteiger partial charge on any atom is -0.507 e. The summed E-state index contributed by atoms with van der Waals surface area (Å²) in [7, 11) is 0. The summed E-state index contributed by atoms with van der Waals surface area (Å²) >= 11 is 0. The van der Waals surface area contributed by atoms with Gasteiger partial charge in [0.05, 0.1) is 5.57 Å². The van der Waals surface area contributed by atoms with Crippen molar-refractivity contribution in [2.24, 2.45) is 5.92 Å². The van der Waals surface area contributed by atoms with E-state index in [2.05, 4.69) is 13.8 Å². The minimum atomic E-state index is -0.636. The molecule has 3 nitrogen and oxygen atoms in total. The Balaban J connectivity index is 2.47. The third kappa shape index (κ3) is 2.44. The predicted molar refractivity (Wildman–Crippen MR) is 78.5 cm³/mol. The summed E-state index contributed by atoms with van der Waals surface area (Å²) in [6, 6.07) is 6.63. The number of Topliss-reactive ketones (excluding diaryl/α,β-unsaturated/α-hetero) is 2. The Morgan fingerprint density at radius 2 is 1.65 bits per heavy atom. The van der Waals surface area contributed by atoms with Crippen molar-refractivity contribution in [2.75, 3.05) is 0 Å². The Hall–Kier alpha value is -2.16. The minimum absolute atomic E-state index is 0.0978. The molecule has 20 heavy (non-hydrogen) atoms. The second-order valence-corrected chi connectivity index (χ2v) is 4.90. The van der Waals surface area contributed by atoms with Crippen LogP contribution in [0.25, 0.3) is 5.76 Å². The Morgan fingerprint density at radius 1 is 1.05 bits per heavy atom. The van der Waals surface area contributed by atoms with Gasteiger partial charge in [-0.1, -0.05) is 50.3 Å². The van der Waals surface area contributed by atoms with Crippen molar-refractivity contribution >= 4 is 17.3 Å². The van der Waals surface area contributed by atoms with E-state index in [9.17, 15) is 14.7 Å². The number of carbonyl (C=O) groups excluding carboxylic acids is 2. The van der Waals surface area contributed by atoms with Gasteiger partial charge in [0.25, 0.3) is 0 Å². The number of rotatable bonds is 4. The topological polar surface area (TPSA) is 54.4 Å². The summed E-state index contributed by atoms with van der Waals surface area (Å²) in [5.74, 6) is -0.950. The first-order valence-electron chi connectivity index (χ1n) is 6.90. The third-order valence-electron chi connectivity index (χ3n) is 3.72. The molecule has 0 radical (unpaired) electrons. The lowest BCUT2D eigenvalue weighted by Gasteiger charge is -2.16. The van der Waals surface area contributed by atoms with Crippen LogP contribution >= 0.6 is 0 Å². The molecule has 0 saturated heterocycles. The number of aliphatic hydroxyl groups is 1. The van der Waals surface area contributed by atoms with Gasteiger partial charge in [-0.15, -0.1) is 0 Å². The van der Waals surface area contributed by atoms with Crippen LogP contribution < -0.4 is 0 Å². The Bertz CT molecular complexity index is 604. The molecule has 0 aromatic heterocycles. The van der Waals surface area contributed by atoms with Crippen molar-refractivity contribution in [3.63, 3.8) is 0 Å². The Labute approximate surface area is 118 Å². The molecule has 0 bridgehead atoms. The van der Waals surface area contributed by atoms with Crippen LogP contribution in [0.2, 0.25) is 0 Å². The highest BCUT2D eigenvalue weighted by molar-refractivity contribution is 6.52. The van der Waals surface area contributed by atoms with Crippen LogP contribution in [0.4, 0.5) is 0 Å². The molecule has 0 heterocycles. The van der Waals surface area contributed by atoms with Gasteiger partial charge in [-0.3, -0.25) is 9.59 Å². The van der Waals surface area contributed by atoms with Gasteiger partial charge >= 0.3 is 0 Å². The lowest BCUT2D eigenvalue weighted by molar-refractivity contribution is -0.111. The van der Waals surface area contributed by atoms with Gasteiger partial charge in [-0.25, -0.2) is 0 Å². The van der Waals surface area contributed by atoms with Crippen molar-refractivity contribution in [3.8, 4) is 0 Å². The highest BCUT2D eigenvalue weighted by Crippen LogP contribution is 2.28. The molecular weight excluding hydrogens is 252 g/mol. The average molecular weight is 270 g/mol. The monoisotopic (exact) mass is 270 g/mol. The number of hydrogen-bond acceptors (Lipinski definition) is 3. The standard InChI is InChI=1S/C17H18O3/c1-3-11(4-2)9-10-14-15(18)12-7-5-6-8-13(12)16(19)17(14)20/h5-11,18H,3-4H2,1-2H3/b10-9+. The molecule has 0 aliphatic heterocycles. The first kappa shape index (κ1) is 14.3. The molecule has 0 spiro atoms. The maximum atomic E-state index is 12.1. The van der Waals surface area contributed by atoms with Crippen LogP contribution in [-0.2, 0) is 4.79 Å². The molecule has 0 unspecified atom stereocenters. The van der Waals surface area contributed by atoms with Gasteiger partial charge in [0.1, 0.15) is 5.76 Å². The van der Waals surface area contributed by atoms with Crippen LogP contribution in [0.5, 0.6) is 0 Å². The maximum absolute atomic E-state index is 12.1. The van der Waals surface area contributed by atoms with E-state index in [1.165, 1.54) is 0 Å². The van der Waals surface area contributed by atoms with Gasteiger partial charge in [-0.05, 0) is 18.8 Å². The molecule has 3 heteroatoms. The first-order valence-corrected chi connectivity index (χ1v) is 6.90. The number of ketones is 2. The molecule has 0 saturated carbocycles. The number of hydrogen-bond donors (Lipinski definition) is 1. The Kier molecular flexibility index (Phi) is 4.18. The lowest BCUT2D eigenvalue weighted by atomic mass is 9.87. The van der Waals surface area contributed by atoms with E-state index >= 15 is 0 Å². The van der Waals surface area contributed by atoms with Crippen LogP contribution in [0, 0.1) is 5.92 Å². The smallest absolute Gasteiger partial charge is 0.237 e. The molecule has 1 aliphatic carbocycles. The van der Waals surface area contributed by atoms with E-state index in [0.717, 1.165) is 12.8 Å². The summed E-state index contributed by atoms with van der Waals surface area (Å²) in [6.45, 7) is 4.13. The van der Waals surface area contributed by atoms with E-state index in [4.69, 9.17) is 0 Å². The first-order chi connectivity index (χ1) is 9.60. The van der Waals surface area contributed by atoms with Crippen molar-refractivity contribution in [3.05, 3.63) is 53.1 Å². The number of allylic oxidation sites excluding steroid dienone is 3.